The lowest BCUT2D eigenvalue weighted by Crippen LogP contribution is -2.62. The predicted octanol–water partition coefficient (Wildman–Crippen LogP) is 1.25. The molecule has 0 aliphatic carbocycles. The third-order valence-corrected chi connectivity index (χ3v) is 10.3. The molecule has 8 N–H and O–H groups in total. The Morgan fingerprint density at radius 1 is 0.576 bits per heavy atom. The highest BCUT2D eigenvalue weighted by molar-refractivity contribution is 5.89. The Labute approximate surface area is 345 Å². The van der Waals surface area contributed by atoms with Crippen LogP contribution in [-0.2, 0) is 42.8 Å². The van der Waals surface area contributed by atoms with E-state index < -0.39 is 109 Å². The summed E-state index contributed by atoms with van der Waals surface area (Å²) in [5.41, 5.74) is -3.36. The van der Waals surface area contributed by atoms with Gasteiger partial charge in [-0.25, -0.2) is 14.4 Å². The Kier molecular flexibility index (Phi) is 20.0. The van der Waals surface area contributed by atoms with Crippen LogP contribution in [0, 0.1) is 0 Å². The molecule has 0 bridgehead atoms. The second-order valence-corrected chi connectivity index (χ2v) is 15.6. The van der Waals surface area contributed by atoms with Crippen molar-refractivity contribution in [1.82, 2.24) is 0 Å². The summed E-state index contributed by atoms with van der Waals surface area (Å²) in [6.45, 7) is 18.6. The Balaban J connectivity index is 2.30. The first kappa shape index (κ1) is 51.6. The van der Waals surface area contributed by atoms with Crippen LogP contribution in [0.25, 0.3) is 0 Å². The number of carbonyl (C=O) groups is 3. The van der Waals surface area contributed by atoms with E-state index in [2.05, 4.69) is 19.7 Å². The molecule has 0 saturated carbocycles. The van der Waals surface area contributed by atoms with Crippen LogP contribution in [-0.4, -0.2) is 150 Å². The van der Waals surface area contributed by atoms with Crippen LogP contribution in [0.4, 0.5) is 0 Å². The number of esters is 3. The van der Waals surface area contributed by atoms with E-state index in [-0.39, 0.29) is 55.2 Å². The van der Waals surface area contributed by atoms with Crippen LogP contribution in [0.5, 0.6) is 0 Å². The Bertz CT molecular complexity index is 1550. The highest BCUT2D eigenvalue weighted by Crippen LogP contribution is 2.33. The van der Waals surface area contributed by atoms with Gasteiger partial charge in [0.2, 0.25) is 6.29 Å². The maximum Gasteiger partial charge on any atom is 0.335 e. The summed E-state index contributed by atoms with van der Waals surface area (Å²) in [5.74, 6) is -2.70. The van der Waals surface area contributed by atoms with Gasteiger partial charge in [0.05, 0.1) is 30.0 Å². The topological polar surface area (TPSA) is 268 Å². The third-order valence-electron chi connectivity index (χ3n) is 10.3. The zero-order chi connectivity index (χ0) is 44.9. The largest absolute Gasteiger partial charge is 0.452 e. The number of ether oxygens (including phenoxy) is 6. The Hall–Kier alpha value is -3.59. The molecule has 2 fully saturated rings. The van der Waals surface area contributed by atoms with E-state index in [4.69, 9.17) is 28.4 Å². The average Bonchev–Trinajstić information content (AvgIpc) is 3.19. The number of allylic oxidation sites excluding steroid dienone is 3. The molecule has 3 unspecified atom stereocenters. The smallest absolute Gasteiger partial charge is 0.335 e. The third kappa shape index (κ3) is 15.1. The van der Waals surface area contributed by atoms with Crippen molar-refractivity contribution in [3.05, 3.63) is 72.9 Å². The maximum atomic E-state index is 13.4. The molecule has 0 spiro atoms. The fourth-order valence-corrected chi connectivity index (χ4v) is 5.88. The van der Waals surface area contributed by atoms with Crippen molar-refractivity contribution in [2.45, 2.75) is 158 Å². The quantitative estimate of drug-likeness (QED) is 0.0330. The lowest BCUT2D eigenvalue weighted by Gasteiger charge is -2.45. The number of rotatable bonds is 22. The summed E-state index contributed by atoms with van der Waals surface area (Å²) in [6, 6.07) is 0. The molecule has 0 aromatic rings. The molecule has 17 nitrogen and oxygen atoms in total. The Morgan fingerprint density at radius 2 is 1.00 bits per heavy atom. The molecule has 2 aliphatic heterocycles. The molecule has 2 saturated heterocycles. The Morgan fingerprint density at radius 3 is 1.44 bits per heavy atom. The van der Waals surface area contributed by atoms with E-state index in [9.17, 15) is 55.2 Å². The molecular formula is C42H64O17. The van der Waals surface area contributed by atoms with Gasteiger partial charge in [-0.1, -0.05) is 36.5 Å². The standard InChI is InChI=1S/C42H64O17/c1-10-40(7,52)19-13-16-24(4)35(49)56-33-28(23-44)55-39(32(48)34(33)57-36(50)25(5)17-14-20-41(8,53)11-2)59-42(9,12-3)21-15-18-26(6)37(51)58-38-31(47)30(46)29(45)27(22-43)54-38/h10-12,16-18,27-34,38-39,43-48,52-53H,1-3,13-15,19-23H2,4-9H3/b24-16+,25-17+,26-18+/t27-,28-,29-,30+,31-,32-,33-,34-,38+,39+,40?,41?,42?/m1/s1. The fraction of sp³-hybridized carbons (Fsp3) is 0.643. The van der Waals surface area contributed by atoms with Crippen LogP contribution in [0.2, 0.25) is 0 Å². The van der Waals surface area contributed by atoms with Gasteiger partial charge < -0.3 is 69.3 Å². The SMILES string of the molecule is C=CC(C)(O)CC/C=C(\C)C(=O)O[C@@H]1[C@@H](O)[C@H](OC(C)(C=C)CC/C=C(\C)C(=O)O[C@@H]2O[C@H](CO)[C@@H](O)[C@H](O)[C@H]2O)O[C@H](CO)[C@H]1OC(=O)/C(C)=C/CCC(C)(O)C=C. The van der Waals surface area contributed by atoms with E-state index in [1.807, 2.05) is 0 Å². The highest BCUT2D eigenvalue weighted by atomic mass is 16.7. The molecule has 2 heterocycles. The normalized spacial score (nSPS) is 31.1. The van der Waals surface area contributed by atoms with Crippen molar-refractivity contribution >= 4 is 17.9 Å². The summed E-state index contributed by atoms with van der Waals surface area (Å²) in [7, 11) is 0. The molecule has 2 aliphatic rings. The van der Waals surface area contributed by atoms with Crippen molar-refractivity contribution in [3.63, 3.8) is 0 Å². The summed E-state index contributed by atoms with van der Waals surface area (Å²) < 4.78 is 34.0. The first-order valence-electron chi connectivity index (χ1n) is 19.4. The molecule has 2 rings (SSSR count). The minimum atomic E-state index is -1.80. The van der Waals surface area contributed by atoms with Crippen LogP contribution >= 0.6 is 0 Å². The van der Waals surface area contributed by atoms with Gasteiger partial charge in [-0.15, -0.1) is 19.7 Å². The molecule has 17 heteroatoms. The van der Waals surface area contributed by atoms with Gasteiger partial charge in [-0.2, -0.15) is 0 Å². The van der Waals surface area contributed by atoms with Gasteiger partial charge >= 0.3 is 17.9 Å². The molecule has 0 aromatic carbocycles. The predicted molar refractivity (Wildman–Crippen MR) is 212 cm³/mol. The van der Waals surface area contributed by atoms with E-state index in [1.54, 1.807) is 20.8 Å². The van der Waals surface area contributed by atoms with Gasteiger partial charge in [-0.3, -0.25) is 0 Å². The van der Waals surface area contributed by atoms with Crippen molar-refractivity contribution in [2.24, 2.45) is 0 Å². The van der Waals surface area contributed by atoms with Crippen molar-refractivity contribution in [3.8, 4) is 0 Å². The highest BCUT2D eigenvalue weighted by Gasteiger charge is 2.52. The summed E-state index contributed by atoms with van der Waals surface area (Å²) in [6.07, 6.45) is -6.08. The lowest BCUT2D eigenvalue weighted by atomic mass is 9.96. The minimum Gasteiger partial charge on any atom is -0.452 e. The van der Waals surface area contributed by atoms with Crippen LogP contribution in [0.1, 0.15) is 80.1 Å². The van der Waals surface area contributed by atoms with Gasteiger partial charge in [0.25, 0.3) is 0 Å². The average molecular weight is 841 g/mol. The monoisotopic (exact) mass is 840 g/mol. The molecule has 0 amide bonds. The molecule has 334 valence electrons. The fourth-order valence-electron chi connectivity index (χ4n) is 5.88. The first-order valence-corrected chi connectivity index (χ1v) is 19.4. The lowest BCUT2D eigenvalue weighted by molar-refractivity contribution is -0.322. The van der Waals surface area contributed by atoms with E-state index >= 15 is 0 Å². The number of carbonyl (C=O) groups excluding carboxylic acids is 3. The van der Waals surface area contributed by atoms with Gasteiger partial charge in [0, 0.05) is 16.7 Å². The van der Waals surface area contributed by atoms with Crippen LogP contribution in [0.3, 0.4) is 0 Å². The number of hydrogen-bond donors (Lipinski definition) is 8. The molecular weight excluding hydrogens is 776 g/mol. The van der Waals surface area contributed by atoms with Gasteiger partial charge in [-0.05, 0) is 80.1 Å². The van der Waals surface area contributed by atoms with Gasteiger partial charge in [0.1, 0.15) is 36.6 Å². The molecule has 59 heavy (non-hydrogen) atoms. The zero-order valence-electron chi connectivity index (χ0n) is 34.8. The minimum absolute atomic E-state index is 0.0614. The van der Waals surface area contributed by atoms with Crippen molar-refractivity contribution < 1.29 is 83.7 Å². The second kappa shape index (κ2) is 22.9. The number of aliphatic hydroxyl groups is 8. The second-order valence-electron chi connectivity index (χ2n) is 15.6. The molecule has 0 radical (unpaired) electrons. The van der Waals surface area contributed by atoms with E-state index in [0.717, 1.165) is 0 Å². The summed E-state index contributed by atoms with van der Waals surface area (Å²) >= 11 is 0. The molecule has 0 aromatic heterocycles. The van der Waals surface area contributed by atoms with E-state index in [0.29, 0.717) is 0 Å². The summed E-state index contributed by atoms with van der Waals surface area (Å²) in [4.78, 5) is 39.5. The van der Waals surface area contributed by atoms with Crippen LogP contribution in [0.15, 0.2) is 72.9 Å². The number of hydrogen-bond acceptors (Lipinski definition) is 17. The van der Waals surface area contributed by atoms with Crippen molar-refractivity contribution in [1.29, 1.82) is 0 Å². The van der Waals surface area contributed by atoms with Gasteiger partial charge in [0.15, 0.2) is 18.5 Å². The van der Waals surface area contributed by atoms with E-state index in [1.165, 1.54) is 57.2 Å². The first-order chi connectivity index (χ1) is 27.5. The van der Waals surface area contributed by atoms with Crippen molar-refractivity contribution in [2.75, 3.05) is 13.2 Å². The van der Waals surface area contributed by atoms with Crippen LogP contribution < -0.4 is 0 Å². The zero-order valence-corrected chi connectivity index (χ0v) is 34.8. The molecule has 13 atom stereocenters. The summed E-state index contributed by atoms with van der Waals surface area (Å²) in [5, 5.41) is 82.2. The number of aliphatic hydroxyl groups excluding tert-OH is 6. The maximum absolute atomic E-state index is 13.4.